The van der Waals surface area contributed by atoms with Crippen LogP contribution in [0.3, 0.4) is 0 Å². The summed E-state index contributed by atoms with van der Waals surface area (Å²) in [4.78, 5) is 24.4. The number of amides is 1. The summed E-state index contributed by atoms with van der Waals surface area (Å²) < 4.78 is 13.6. The number of pyridine rings is 1. The van der Waals surface area contributed by atoms with E-state index in [0.29, 0.717) is 44.7 Å². The maximum atomic E-state index is 13.1. The molecular formula is C26H24N4O3. The third-order valence-electron chi connectivity index (χ3n) is 6.45. The van der Waals surface area contributed by atoms with E-state index in [2.05, 4.69) is 4.98 Å². The van der Waals surface area contributed by atoms with Crippen molar-refractivity contribution in [2.75, 3.05) is 26.3 Å². The van der Waals surface area contributed by atoms with Gasteiger partial charge in [-0.2, -0.15) is 0 Å². The number of carbonyl (C=O) groups is 1. The fraction of sp³-hybridized carbons (Fsp3) is 0.269. The molecule has 0 N–H and O–H groups in total. The van der Waals surface area contributed by atoms with Gasteiger partial charge in [-0.1, -0.05) is 30.3 Å². The first-order valence-corrected chi connectivity index (χ1v) is 11.3. The molecule has 7 nitrogen and oxygen atoms in total. The molecule has 0 saturated carbocycles. The molecule has 0 bridgehead atoms. The molecule has 2 saturated heterocycles. The highest BCUT2D eigenvalue weighted by molar-refractivity contribution is 5.94. The summed E-state index contributed by atoms with van der Waals surface area (Å²) >= 11 is 0. The Kier molecular flexibility index (Phi) is 4.93. The van der Waals surface area contributed by atoms with Crippen LogP contribution in [0.5, 0.6) is 0 Å². The van der Waals surface area contributed by atoms with Crippen molar-refractivity contribution in [3.05, 3.63) is 78.5 Å². The molecule has 1 spiro atoms. The fourth-order valence-corrected chi connectivity index (χ4v) is 4.71. The molecule has 2 aromatic heterocycles. The number of rotatable bonds is 3. The minimum atomic E-state index is -0.482. The third kappa shape index (κ3) is 3.59. The largest absolute Gasteiger partial charge is 0.347 e. The van der Waals surface area contributed by atoms with Crippen molar-refractivity contribution in [3.8, 4) is 17.1 Å². The Hall–Kier alpha value is -3.55. The number of hydrogen-bond donors (Lipinski definition) is 0. The Morgan fingerprint density at radius 1 is 0.879 bits per heavy atom. The van der Waals surface area contributed by atoms with Gasteiger partial charge in [0.2, 0.25) is 0 Å². The fourth-order valence-electron chi connectivity index (χ4n) is 4.71. The lowest BCUT2D eigenvalue weighted by molar-refractivity contribution is -0.181. The molecule has 1 amide bonds. The first-order chi connectivity index (χ1) is 16.2. The van der Waals surface area contributed by atoms with E-state index in [9.17, 15) is 4.79 Å². The molecular weight excluding hydrogens is 416 g/mol. The number of benzene rings is 2. The third-order valence-corrected chi connectivity index (χ3v) is 6.45. The second-order valence-electron chi connectivity index (χ2n) is 8.43. The van der Waals surface area contributed by atoms with Crippen molar-refractivity contribution in [1.82, 2.24) is 19.4 Å². The molecule has 7 heteroatoms. The van der Waals surface area contributed by atoms with Crippen molar-refractivity contribution < 1.29 is 14.3 Å². The Morgan fingerprint density at radius 2 is 1.61 bits per heavy atom. The van der Waals surface area contributed by atoms with Crippen LogP contribution < -0.4 is 0 Å². The predicted octanol–water partition coefficient (Wildman–Crippen LogP) is 4.07. The van der Waals surface area contributed by atoms with E-state index in [1.54, 1.807) is 6.20 Å². The standard InChI is InChI=1S/C26H24N4O3/c31-25(29-15-12-26(13-16-29)32-17-18-33-26)20-8-10-21(11-9-20)30-23(19-5-2-1-3-6-19)28-22-7-4-14-27-24(22)30/h1-11,14H,12-13,15-18H2. The van der Waals surface area contributed by atoms with Crippen molar-refractivity contribution >= 4 is 17.1 Å². The van der Waals surface area contributed by atoms with Crippen LogP contribution in [-0.2, 0) is 9.47 Å². The smallest absolute Gasteiger partial charge is 0.253 e. The molecule has 0 radical (unpaired) electrons. The normalized spacial score (nSPS) is 17.6. The molecule has 0 aliphatic carbocycles. The lowest BCUT2D eigenvalue weighted by atomic mass is 10.0. The van der Waals surface area contributed by atoms with Crippen LogP contribution >= 0.6 is 0 Å². The zero-order valence-corrected chi connectivity index (χ0v) is 18.2. The molecule has 0 atom stereocenters. The van der Waals surface area contributed by atoms with E-state index in [4.69, 9.17) is 14.5 Å². The molecule has 33 heavy (non-hydrogen) atoms. The van der Waals surface area contributed by atoms with Crippen molar-refractivity contribution in [1.29, 1.82) is 0 Å². The lowest BCUT2D eigenvalue weighted by Gasteiger charge is -2.37. The number of fused-ring (bicyclic) bond motifs is 1. The zero-order chi connectivity index (χ0) is 22.3. The van der Waals surface area contributed by atoms with E-state index in [1.165, 1.54) is 0 Å². The molecule has 0 unspecified atom stereocenters. The SMILES string of the molecule is O=C(c1ccc(-n2c(-c3ccccc3)nc3cccnc32)cc1)N1CCC2(CC1)OCCO2. The molecule has 2 fully saturated rings. The van der Waals surface area contributed by atoms with Crippen molar-refractivity contribution in [3.63, 3.8) is 0 Å². The minimum Gasteiger partial charge on any atom is -0.347 e. The molecule has 2 aromatic carbocycles. The van der Waals surface area contributed by atoms with Gasteiger partial charge in [-0.25, -0.2) is 9.97 Å². The van der Waals surface area contributed by atoms with Crippen LogP contribution in [0, 0.1) is 0 Å². The summed E-state index contributed by atoms with van der Waals surface area (Å²) in [5.74, 6) is 0.372. The maximum Gasteiger partial charge on any atom is 0.253 e. The van der Waals surface area contributed by atoms with Crippen LogP contribution in [0.2, 0.25) is 0 Å². The van der Waals surface area contributed by atoms with Gasteiger partial charge < -0.3 is 14.4 Å². The number of nitrogens with zero attached hydrogens (tertiary/aromatic N) is 4. The number of imidazole rings is 1. The average molecular weight is 441 g/mol. The summed E-state index contributed by atoms with van der Waals surface area (Å²) in [6.07, 6.45) is 3.20. The van der Waals surface area contributed by atoms with Gasteiger partial charge in [0.05, 0.1) is 13.2 Å². The topological polar surface area (TPSA) is 69.5 Å². The maximum absolute atomic E-state index is 13.1. The quantitative estimate of drug-likeness (QED) is 0.480. The van der Waals surface area contributed by atoms with Crippen molar-refractivity contribution in [2.45, 2.75) is 18.6 Å². The highest BCUT2D eigenvalue weighted by Crippen LogP contribution is 2.32. The van der Waals surface area contributed by atoms with Gasteiger partial charge in [0.15, 0.2) is 11.4 Å². The Bertz CT molecular complexity index is 1280. The first kappa shape index (κ1) is 20.1. The molecule has 166 valence electrons. The van der Waals surface area contributed by atoms with E-state index in [0.717, 1.165) is 28.2 Å². The lowest BCUT2D eigenvalue weighted by Crippen LogP contribution is -2.47. The average Bonchev–Trinajstić information content (AvgIpc) is 3.50. The summed E-state index contributed by atoms with van der Waals surface area (Å²) in [6, 6.07) is 21.6. The molecule has 2 aliphatic rings. The van der Waals surface area contributed by atoms with Crippen LogP contribution in [0.4, 0.5) is 0 Å². The highest BCUT2D eigenvalue weighted by atomic mass is 16.7. The second-order valence-corrected chi connectivity index (χ2v) is 8.43. The highest BCUT2D eigenvalue weighted by Gasteiger charge is 2.40. The van der Waals surface area contributed by atoms with E-state index >= 15 is 0 Å². The number of hydrogen-bond acceptors (Lipinski definition) is 5. The van der Waals surface area contributed by atoms with Gasteiger partial charge in [0.25, 0.3) is 5.91 Å². The van der Waals surface area contributed by atoms with Crippen molar-refractivity contribution in [2.24, 2.45) is 0 Å². The summed E-state index contributed by atoms with van der Waals surface area (Å²) in [6.45, 7) is 2.54. The molecule has 6 rings (SSSR count). The van der Waals surface area contributed by atoms with Crippen LogP contribution in [-0.4, -0.2) is 57.4 Å². The summed E-state index contributed by atoms with van der Waals surface area (Å²) in [5.41, 5.74) is 4.20. The number of ether oxygens (including phenoxy) is 2. The Balaban J connectivity index is 1.29. The Morgan fingerprint density at radius 3 is 2.33 bits per heavy atom. The van der Waals surface area contributed by atoms with E-state index < -0.39 is 5.79 Å². The predicted molar refractivity (Wildman–Crippen MR) is 124 cm³/mol. The first-order valence-electron chi connectivity index (χ1n) is 11.3. The van der Waals surface area contributed by atoms with Gasteiger partial charge in [-0.15, -0.1) is 0 Å². The van der Waals surface area contributed by atoms with Gasteiger partial charge >= 0.3 is 0 Å². The van der Waals surface area contributed by atoms with Gasteiger partial charge in [-0.3, -0.25) is 9.36 Å². The molecule has 4 heterocycles. The molecule has 4 aromatic rings. The summed E-state index contributed by atoms with van der Waals surface area (Å²) in [5, 5.41) is 0. The van der Waals surface area contributed by atoms with Crippen LogP contribution in [0.25, 0.3) is 28.2 Å². The number of carbonyl (C=O) groups excluding carboxylic acids is 1. The summed E-state index contributed by atoms with van der Waals surface area (Å²) in [7, 11) is 0. The van der Waals surface area contributed by atoms with Crippen LogP contribution in [0.1, 0.15) is 23.2 Å². The Labute approximate surface area is 191 Å². The monoisotopic (exact) mass is 440 g/mol. The van der Waals surface area contributed by atoms with Gasteiger partial charge in [-0.05, 0) is 36.4 Å². The number of likely N-dealkylation sites (tertiary alicyclic amines) is 1. The molecule has 2 aliphatic heterocycles. The zero-order valence-electron chi connectivity index (χ0n) is 18.2. The van der Waals surface area contributed by atoms with Crippen LogP contribution in [0.15, 0.2) is 72.9 Å². The minimum absolute atomic E-state index is 0.0336. The van der Waals surface area contributed by atoms with Gasteiger partial charge in [0, 0.05) is 48.9 Å². The second kappa shape index (κ2) is 8.10. The number of aromatic nitrogens is 3. The van der Waals surface area contributed by atoms with E-state index in [-0.39, 0.29) is 5.91 Å². The van der Waals surface area contributed by atoms with E-state index in [1.807, 2.05) is 76.2 Å². The number of piperidine rings is 1. The van der Waals surface area contributed by atoms with Gasteiger partial charge in [0.1, 0.15) is 11.3 Å².